The molecule has 184 valence electrons. The summed E-state index contributed by atoms with van der Waals surface area (Å²) in [6.07, 6.45) is -0.772. The van der Waals surface area contributed by atoms with Gasteiger partial charge in [0.25, 0.3) is 0 Å². The average molecular weight is 480 g/mol. The predicted octanol–water partition coefficient (Wildman–Crippen LogP) is 2.30. The number of hydrogen-bond acceptors (Lipinski definition) is 5. The molecule has 2 unspecified atom stereocenters. The van der Waals surface area contributed by atoms with Crippen LogP contribution in [0.25, 0.3) is 11.1 Å². The van der Waals surface area contributed by atoms with Crippen molar-refractivity contribution in [3.05, 3.63) is 59.7 Å². The summed E-state index contributed by atoms with van der Waals surface area (Å²) < 4.78 is 5.56. The molecule has 4 rings (SSSR count). The molecule has 9 heteroatoms. The highest BCUT2D eigenvalue weighted by Crippen LogP contribution is 2.44. The second-order valence-corrected chi connectivity index (χ2v) is 9.29. The molecule has 1 aliphatic carbocycles. The number of likely N-dealkylation sites (N-methyl/N-ethyl adjacent to an activating group) is 1. The highest BCUT2D eigenvalue weighted by Gasteiger charge is 2.41. The summed E-state index contributed by atoms with van der Waals surface area (Å²) in [5.74, 6) is -2.68. The summed E-state index contributed by atoms with van der Waals surface area (Å²) in [6.45, 7) is 3.08. The summed E-state index contributed by atoms with van der Waals surface area (Å²) in [4.78, 5) is 52.2. The van der Waals surface area contributed by atoms with Crippen LogP contribution in [0.5, 0.6) is 0 Å². The fourth-order valence-corrected chi connectivity index (χ4v) is 4.74. The van der Waals surface area contributed by atoms with Gasteiger partial charge in [-0.2, -0.15) is 0 Å². The van der Waals surface area contributed by atoms with E-state index in [0.717, 1.165) is 27.2 Å². The smallest absolute Gasteiger partial charge is 0.407 e. The number of ether oxygens (including phenoxy) is 1. The summed E-state index contributed by atoms with van der Waals surface area (Å²) in [7, 11) is 1.49. The summed E-state index contributed by atoms with van der Waals surface area (Å²) in [5, 5.41) is 12.2. The third-order valence-corrected chi connectivity index (χ3v) is 6.67. The van der Waals surface area contributed by atoms with E-state index < -0.39 is 30.1 Å². The number of amides is 3. The van der Waals surface area contributed by atoms with Crippen molar-refractivity contribution >= 4 is 23.9 Å². The van der Waals surface area contributed by atoms with E-state index in [1.807, 2.05) is 48.5 Å². The van der Waals surface area contributed by atoms with Crippen LogP contribution in [0.15, 0.2) is 48.5 Å². The topological polar surface area (TPSA) is 116 Å². The standard InChI is InChI=1S/C26H29N3O6/c1-15(2)23(24(31)29-13-22(30)28(3)12-21(29)25(32)33)27-26(34)35-14-20-18-10-6-4-8-16(18)17-9-5-7-11-19(17)20/h4-11,15,20-21,23H,12-14H2,1-3H3,(H,27,34)(H,32,33). The van der Waals surface area contributed by atoms with Crippen LogP contribution in [-0.2, 0) is 19.1 Å². The monoisotopic (exact) mass is 479 g/mol. The van der Waals surface area contributed by atoms with Gasteiger partial charge in [0.05, 0.1) is 6.54 Å². The Morgan fingerprint density at radius 3 is 2.17 bits per heavy atom. The molecule has 2 aromatic carbocycles. The Hall–Kier alpha value is -3.88. The molecule has 0 bridgehead atoms. The van der Waals surface area contributed by atoms with Crippen molar-refractivity contribution in [1.82, 2.24) is 15.1 Å². The van der Waals surface area contributed by atoms with E-state index in [4.69, 9.17) is 4.74 Å². The number of piperazine rings is 1. The molecule has 2 atom stereocenters. The lowest BCUT2D eigenvalue weighted by atomic mass is 9.98. The second kappa shape index (κ2) is 9.77. The number of nitrogens with one attached hydrogen (secondary N) is 1. The van der Waals surface area contributed by atoms with Crippen LogP contribution in [0.4, 0.5) is 4.79 Å². The van der Waals surface area contributed by atoms with Crippen molar-refractivity contribution in [1.29, 1.82) is 0 Å². The largest absolute Gasteiger partial charge is 0.480 e. The van der Waals surface area contributed by atoms with Gasteiger partial charge >= 0.3 is 12.1 Å². The molecule has 2 N–H and O–H groups in total. The molecular formula is C26H29N3O6. The molecule has 35 heavy (non-hydrogen) atoms. The SMILES string of the molecule is CC(C)C(NC(=O)OCC1c2ccccc2-c2ccccc21)C(=O)N1CC(=O)N(C)CC1C(=O)O. The summed E-state index contributed by atoms with van der Waals surface area (Å²) in [6, 6.07) is 13.7. The molecule has 2 aromatic rings. The highest BCUT2D eigenvalue weighted by atomic mass is 16.5. The predicted molar refractivity (Wildman–Crippen MR) is 128 cm³/mol. The van der Waals surface area contributed by atoms with Gasteiger partial charge < -0.3 is 25.0 Å². The number of carbonyl (C=O) groups excluding carboxylic acids is 3. The molecule has 0 saturated carbocycles. The first kappa shape index (κ1) is 24.3. The van der Waals surface area contributed by atoms with Crippen LogP contribution in [0.2, 0.25) is 0 Å². The number of hydrogen-bond donors (Lipinski definition) is 2. The molecule has 1 saturated heterocycles. The minimum atomic E-state index is -1.21. The molecule has 1 fully saturated rings. The molecule has 9 nitrogen and oxygen atoms in total. The number of carboxylic acids is 1. The third-order valence-electron chi connectivity index (χ3n) is 6.67. The van der Waals surface area contributed by atoms with Gasteiger partial charge in [-0.15, -0.1) is 0 Å². The van der Waals surface area contributed by atoms with Crippen LogP contribution in [-0.4, -0.2) is 77.6 Å². The van der Waals surface area contributed by atoms with Crippen LogP contribution in [0.1, 0.15) is 30.9 Å². The number of carbonyl (C=O) groups is 4. The van der Waals surface area contributed by atoms with E-state index in [9.17, 15) is 24.3 Å². The zero-order valence-electron chi connectivity index (χ0n) is 19.9. The zero-order chi connectivity index (χ0) is 25.3. The van der Waals surface area contributed by atoms with E-state index >= 15 is 0 Å². The van der Waals surface area contributed by atoms with E-state index in [1.54, 1.807) is 13.8 Å². The van der Waals surface area contributed by atoms with Gasteiger partial charge in [0, 0.05) is 13.0 Å². The first-order valence-electron chi connectivity index (χ1n) is 11.6. The van der Waals surface area contributed by atoms with Crippen molar-refractivity contribution in [2.24, 2.45) is 5.92 Å². The van der Waals surface area contributed by atoms with Gasteiger partial charge in [0.1, 0.15) is 25.2 Å². The van der Waals surface area contributed by atoms with E-state index in [0.29, 0.717) is 0 Å². The maximum Gasteiger partial charge on any atom is 0.407 e. The van der Waals surface area contributed by atoms with Crippen LogP contribution in [0, 0.1) is 5.92 Å². The van der Waals surface area contributed by atoms with Crippen molar-refractivity contribution in [3.8, 4) is 11.1 Å². The number of nitrogens with zero attached hydrogens (tertiary/aromatic N) is 2. The Morgan fingerprint density at radius 1 is 1.06 bits per heavy atom. The van der Waals surface area contributed by atoms with Gasteiger partial charge in [-0.3, -0.25) is 9.59 Å². The molecule has 1 heterocycles. The van der Waals surface area contributed by atoms with Gasteiger partial charge in [0.15, 0.2) is 0 Å². The van der Waals surface area contributed by atoms with Crippen molar-refractivity contribution in [2.75, 3.05) is 26.7 Å². The lowest BCUT2D eigenvalue weighted by molar-refractivity contribution is -0.160. The van der Waals surface area contributed by atoms with Gasteiger partial charge in [-0.25, -0.2) is 9.59 Å². The molecule has 0 aromatic heterocycles. The minimum absolute atomic E-state index is 0.0869. The maximum absolute atomic E-state index is 13.3. The van der Waals surface area contributed by atoms with Gasteiger partial charge in [-0.05, 0) is 28.2 Å². The Morgan fingerprint density at radius 2 is 1.63 bits per heavy atom. The Labute approximate surface area is 203 Å². The number of fused-ring (bicyclic) bond motifs is 3. The second-order valence-electron chi connectivity index (χ2n) is 9.29. The average Bonchev–Trinajstić information content (AvgIpc) is 3.15. The lowest BCUT2D eigenvalue weighted by Gasteiger charge is -2.39. The lowest BCUT2D eigenvalue weighted by Crippen LogP contribution is -2.63. The normalized spacial score (nSPS) is 18.2. The summed E-state index contributed by atoms with van der Waals surface area (Å²) in [5.41, 5.74) is 4.34. The van der Waals surface area contributed by atoms with E-state index in [1.165, 1.54) is 11.9 Å². The number of rotatable bonds is 6. The number of carboxylic acid groups (broad SMARTS) is 1. The van der Waals surface area contributed by atoms with E-state index in [2.05, 4.69) is 5.32 Å². The van der Waals surface area contributed by atoms with Crippen LogP contribution >= 0.6 is 0 Å². The first-order valence-corrected chi connectivity index (χ1v) is 11.6. The molecule has 0 spiro atoms. The fraction of sp³-hybridized carbons (Fsp3) is 0.385. The number of aliphatic carboxylic acids is 1. The Bertz CT molecular complexity index is 1120. The molecular weight excluding hydrogens is 450 g/mol. The molecule has 0 radical (unpaired) electrons. The molecule has 2 aliphatic rings. The Kier molecular flexibility index (Phi) is 6.77. The number of benzene rings is 2. The van der Waals surface area contributed by atoms with E-state index in [-0.39, 0.29) is 37.4 Å². The zero-order valence-corrected chi connectivity index (χ0v) is 19.9. The Balaban J connectivity index is 1.46. The third kappa shape index (κ3) is 4.71. The maximum atomic E-state index is 13.3. The fourth-order valence-electron chi connectivity index (χ4n) is 4.74. The van der Waals surface area contributed by atoms with Crippen molar-refractivity contribution in [2.45, 2.75) is 31.8 Å². The molecule has 1 aliphatic heterocycles. The number of alkyl carbamates (subject to hydrolysis) is 1. The van der Waals surface area contributed by atoms with Gasteiger partial charge in [-0.1, -0.05) is 62.4 Å². The molecule has 3 amide bonds. The van der Waals surface area contributed by atoms with Crippen LogP contribution < -0.4 is 5.32 Å². The van der Waals surface area contributed by atoms with Crippen molar-refractivity contribution in [3.63, 3.8) is 0 Å². The van der Waals surface area contributed by atoms with Crippen LogP contribution in [0.3, 0.4) is 0 Å². The van der Waals surface area contributed by atoms with Gasteiger partial charge in [0.2, 0.25) is 11.8 Å². The highest BCUT2D eigenvalue weighted by molar-refractivity contribution is 5.94. The quantitative estimate of drug-likeness (QED) is 0.657. The van der Waals surface area contributed by atoms with Crippen molar-refractivity contribution < 1.29 is 29.0 Å². The minimum Gasteiger partial charge on any atom is -0.480 e. The summed E-state index contributed by atoms with van der Waals surface area (Å²) >= 11 is 0. The first-order chi connectivity index (χ1) is 16.7.